The van der Waals surface area contributed by atoms with Gasteiger partial charge in [0.2, 0.25) is 10.0 Å². The third-order valence-corrected chi connectivity index (χ3v) is 6.83. The first kappa shape index (κ1) is 16.3. The van der Waals surface area contributed by atoms with Crippen LogP contribution < -0.4 is 5.76 Å². The van der Waals surface area contributed by atoms with Gasteiger partial charge in [0.25, 0.3) is 0 Å². The minimum absolute atomic E-state index is 0.0182. The Bertz CT molecular complexity index is 1280. The standard InChI is InChI=1S/C18H16N4O4S/c23-18-21-15-9-12(5-6-16(15)26-18)27(24,25)22-8-7-11(10-22)17-19-13-3-1-2-4-14(13)20-17/h1-6,9,11H,7-8,10H2,(H,19,20)(H,21,23). The van der Waals surface area contributed by atoms with Gasteiger partial charge in [-0.25, -0.2) is 18.2 Å². The molecule has 1 aliphatic heterocycles. The Kier molecular flexibility index (Phi) is 3.49. The van der Waals surface area contributed by atoms with E-state index in [0.717, 1.165) is 16.9 Å². The monoisotopic (exact) mass is 384 g/mol. The second kappa shape index (κ2) is 5.80. The first-order valence-corrected chi connectivity index (χ1v) is 10.0. The van der Waals surface area contributed by atoms with Gasteiger partial charge in [-0.05, 0) is 36.8 Å². The van der Waals surface area contributed by atoms with Crippen molar-refractivity contribution in [1.82, 2.24) is 19.3 Å². The van der Waals surface area contributed by atoms with Crippen LogP contribution in [0.25, 0.3) is 22.1 Å². The number of rotatable bonds is 3. The fraction of sp³-hybridized carbons (Fsp3) is 0.222. The van der Waals surface area contributed by atoms with Gasteiger partial charge in [-0.3, -0.25) is 4.98 Å². The summed E-state index contributed by atoms with van der Waals surface area (Å²) < 4.78 is 32.4. The van der Waals surface area contributed by atoms with Gasteiger partial charge in [0.1, 0.15) is 5.82 Å². The number of aromatic amines is 2. The van der Waals surface area contributed by atoms with E-state index in [0.29, 0.717) is 30.6 Å². The minimum atomic E-state index is -3.66. The molecule has 1 atom stereocenters. The van der Waals surface area contributed by atoms with Crippen LogP contribution in [0.5, 0.6) is 0 Å². The zero-order valence-electron chi connectivity index (χ0n) is 14.2. The molecule has 0 aliphatic carbocycles. The van der Waals surface area contributed by atoms with Crippen LogP contribution in [0.4, 0.5) is 0 Å². The molecule has 4 aromatic rings. The number of nitrogens with one attached hydrogen (secondary N) is 2. The first-order valence-electron chi connectivity index (χ1n) is 8.58. The highest BCUT2D eigenvalue weighted by molar-refractivity contribution is 7.89. The van der Waals surface area contributed by atoms with E-state index in [1.165, 1.54) is 22.5 Å². The maximum atomic E-state index is 13.0. The molecule has 0 radical (unpaired) electrons. The van der Waals surface area contributed by atoms with Gasteiger partial charge in [0, 0.05) is 19.0 Å². The Morgan fingerprint density at radius 3 is 2.81 bits per heavy atom. The van der Waals surface area contributed by atoms with Gasteiger partial charge in [-0.1, -0.05) is 12.1 Å². The molecule has 2 aromatic carbocycles. The summed E-state index contributed by atoms with van der Waals surface area (Å²) >= 11 is 0. The van der Waals surface area contributed by atoms with Gasteiger partial charge in [0.05, 0.1) is 21.4 Å². The summed E-state index contributed by atoms with van der Waals surface area (Å²) in [5, 5.41) is 0. The quantitative estimate of drug-likeness (QED) is 0.562. The molecule has 8 nitrogen and oxygen atoms in total. The van der Waals surface area contributed by atoms with Gasteiger partial charge in [-0.15, -0.1) is 0 Å². The third-order valence-electron chi connectivity index (χ3n) is 4.97. The molecule has 9 heteroatoms. The summed E-state index contributed by atoms with van der Waals surface area (Å²) in [7, 11) is -3.66. The molecule has 0 spiro atoms. The number of imidazole rings is 1. The van der Waals surface area contributed by atoms with Crippen molar-refractivity contribution in [2.24, 2.45) is 0 Å². The SMILES string of the molecule is O=c1[nH]c2cc(S(=O)(=O)N3CCC(c4nc5ccccc5[nH]4)C3)ccc2o1. The molecule has 5 rings (SSSR count). The maximum Gasteiger partial charge on any atom is 0.417 e. The van der Waals surface area contributed by atoms with Crippen molar-refractivity contribution < 1.29 is 12.8 Å². The number of fused-ring (bicyclic) bond motifs is 2. The van der Waals surface area contributed by atoms with Gasteiger partial charge in [-0.2, -0.15) is 4.31 Å². The molecule has 1 unspecified atom stereocenters. The molecule has 2 N–H and O–H groups in total. The number of para-hydroxylation sites is 2. The van der Waals surface area contributed by atoms with Crippen LogP contribution in [0.1, 0.15) is 18.2 Å². The number of nitrogens with zero attached hydrogens (tertiary/aromatic N) is 2. The lowest BCUT2D eigenvalue weighted by molar-refractivity contribution is 0.471. The number of benzene rings is 2. The van der Waals surface area contributed by atoms with Crippen LogP contribution >= 0.6 is 0 Å². The summed E-state index contributed by atoms with van der Waals surface area (Å²) in [4.78, 5) is 21.8. The third kappa shape index (κ3) is 2.66. The van der Waals surface area contributed by atoms with E-state index in [1.54, 1.807) is 0 Å². The molecule has 27 heavy (non-hydrogen) atoms. The molecule has 1 aliphatic rings. The average Bonchev–Trinajstić information content (AvgIpc) is 3.37. The molecule has 1 fully saturated rings. The minimum Gasteiger partial charge on any atom is -0.408 e. The number of hydrogen-bond acceptors (Lipinski definition) is 5. The molecule has 0 saturated carbocycles. The second-order valence-electron chi connectivity index (χ2n) is 6.66. The van der Waals surface area contributed by atoms with Crippen molar-refractivity contribution in [2.45, 2.75) is 17.2 Å². The van der Waals surface area contributed by atoms with Crippen molar-refractivity contribution in [2.75, 3.05) is 13.1 Å². The Morgan fingerprint density at radius 2 is 1.96 bits per heavy atom. The summed E-state index contributed by atoms with van der Waals surface area (Å²) in [6.45, 7) is 0.784. The predicted molar refractivity (Wildman–Crippen MR) is 99.0 cm³/mol. The molecule has 1 saturated heterocycles. The largest absolute Gasteiger partial charge is 0.417 e. The van der Waals surface area contributed by atoms with Crippen LogP contribution in [0.2, 0.25) is 0 Å². The normalized spacial score (nSPS) is 18.6. The van der Waals surface area contributed by atoms with E-state index in [4.69, 9.17) is 4.42 Å². The van der Waals surface area contributed by atoms with E-state index in [-0.39, 0.29) is 10.8 Å². The summed E-state index contributed by atoms with van der Waals surface area (Å²) in [6.07, 6.45) is 0.698. The highest BCUT2D eigenvalue weighted by atomic mass is 32.2. The Hall–Kier alpha value is -2.91. The van der Waals surface area contributed by atoms with E-state index in [2.05, 4.69) is 15.0 Å². The van der Waals surface area contributed by atoms with Crippen LogP contribution in [0, 0.1) is 0 Å². The van der Waals surface area contributed by atoms with Crippen molar-refractivity contribution in [3.05, 3.63) is 58.8 Å². The lowest BCUT2D eigenvalue weighted by Crippen LogP contribution is -2.28. The zero-order valence-corrected chi connectivity index (χ0v) is 15.0. The Morgan fingerprint density at radius 1 is 1.11 bits per heavy atom. The molecule has 0 bridgehead atoms. The first-order chi connectivity index (χ1) is 13.0. The molecule has 138 valence electrons. The van der Waals surface area contributed by atoms with E-state index < -0.39 is 15.8 Å². The van der Waals surface area contributed by atoms with Crippen LogP contribution in [0.15, 0.2) is 56.6 Å². The van der Waals surface area contributed by atoms with Gasteiger partial charge >= 0.3 is 5.76 Å². The van der Waals surface area contributed by atoms with Crippen LogP contribution in [-0.2, 0) is 10.0 Å². The molecular weight excluding hydrogens is 368 g/mol. The average molecular weight is 384 g/mol. The fourth-order valence-electron chi connectivity index (χ4n) is 3.58. The highest BCUT2D eigenvalue weighted by Crippen LogP contribution is 2.31. The van der Waals surface area contributed by atoms with E-state index in [1.807, 2.05) is 24.3 Å². The van der Waals surface area contributed by atoms with Crippen LogP contribution in [-0.4, -0.2) is 40.8 Å². The summed E-state index contributed by atoms with van der Waals surface area (Å²) in [5.41, 5.74) is 2.53. The maximum absolute atomic E-state index is 13.0. The number of oxazole rings is 1. The molecule has 3 heterocycles. The summed E-state index contributed by atoms with van der Waals surface area (Å²) in [5.74, 6) is 0.221. The number of H-pyrrole nitrogens is 2. The van der Waals surface area contributed by atoms with Crippen LogP contribution in [0.3, 0.4) is 0 Å². The number of aromatic nitrogens is 3. The topological polar surface area (TPSA) is 112 Å². The molecule has 0 amide bonds. The van der Waals surface area contributed by atoms with Gasteiger partial charge in [0.15, 0.2) is 5.58 Å². The van der Waals surface area contributed by atoms with E-state index >= 15 is 0 Å². The van der Waals surface area contributed by atoms with Crippen molar-refractivity contribution in [1.29, 1.82) is 0 Å². The molecular formula is C18H16N4O4S. The van der Waals surface area contributed by atoms with Crippen molar-refractivity contribution in [3.8, 4) is 0 Å². The van der Waals surface area contributed by atoms with Gasteiger partial charge < -0.3 is 9.40 Å². The lowest BCUT2D eigenvalue weighted by atomic mass is 10.1. The zero-order chi connectivity index (χ0) is 18.6. The summed E-state index contributed by atoms with van der Waals surface area (Å²) in [6, 6.07) is 12.1. The highest BCUT2D eigenvalue weighted by Gasteiger charge is 2.34. The number of hydrogen-bond donors (Lipinski definition) is 2. The lowest BCUT2D eigenvalue weighted by Gasteiger charge is -2.16. The fourth-order valence-corrected chi connectivity index (χ4v) is 5.10. The van der Waals surface area contributed by atoms with E-state index in [9.17, 15) is 13.2 Å². The molecule has 2 aromatic heterocycles. The smallest absolute Gasteiger partial charge is 0.408 e. The number of sulfonamides is 1. The second-order valence-corrected chi connectivity index (χ2v) is 8.60. The van der Waals surface area contributed by atoms with Crippen molar-refractivity contribution >= 4 is 32.2 Å². The van der Waals surface area contributed by atoms with Crippen molar-refractivity contribution in [3.63, 3.8) is 0 Å². The predicted octanol–water partition coefficient (Wildman–Crippen LogP) is 2.18. The Labute approximate surface area is 153 Å². The Balaban J connectivity index is 1.44.